The van der Waals surface area contributed by atoms with E-state index in [0.29, 0.717) is 24.7 Å². The van der Waals surface area contributed by atoms with Crippen molar-refractivity contribution in [2.24, 2.45) is 34.5 Å². The molecule has 2 aliphatic rings. The van der Waals surface area contributed by atoms with Gasteiger partial charge < -0.3 is 0 Å². The maximum absolute atomic E-state index is 18.2. The molecular formula is C48H66F4N2O2Ti. The topological polar surface area (TPSA) is 40.6 Å². The van der Waals surface area contributed by atoms with Crippen LogP contribution in [-0.4, -0.2) is 24.9 Å². The monoisotopic (exact) mass is 826 g/mol. The van der Waals surface area contributed by atoms with Crippen LogP contribution in [0.4, 0.5) is 28.9 Å². The van der Waals surface area contributed by atoms with E-state index >= 15 is 17.6 Å². The summed E-state index contributed by atoms with van der Waals surface area (Å²) in [5.74, 6) is -3.79. The van der Waals surface area contributed by atoms with E-state index in [0.717, 1.165) is 25.0 Å². The van der Waals surface area contributed by atoms with Gasteiger partial charge in [-0.1, -0.05) is 0 Å². The van der Waals surface area contributed by atoms with Crippen LogP contribution in [-0.2, 0) is 26.2 Å². The van der Waals surface area contributed by atoms with Crippen LogP contribution < -0.4 is 17.5 Å². The summed E-state index contributed by atoms with van der Waals surface area (Å²) in [4.78, 5) is 31.7. The first kappa shape index (κ1) is 46.5. The zero-order chi connectivity index (χ0) is 42.6. The minimum atomic E-state index is -5.28. The van der Waals surface area contributed by atoms with Gasteiger partial charge in [0.25, 0.3) is 0 Å². The van der Waals surface area contributed by atoms with Gasteiger partial charge in [0.2, 0.25) is 0 Å². The van der Waals surface area contributed by atoms with E-state index in [1.54, 1.807) is 48.6 Å². The molecule has 0 saturated carbocycles. The second-order valence-electron chi connectivity index (χ2n) is 18.7. The van der Waals surface area contributed by atoms with E-state index in [1.807, 2.05) is 55.4 Å². The van der Waals surface area contributed by atoms with E-state index in [4.69, 9.17) is 0 Å². The first-order chi connectivity index (χ1) is 26.6. The third kappa shape index (κ3) is 9.64. The number of benzene rings is 2. The first-order valence-electron chi connectivity index (χ1n) is 21.0. The maximum atomic E-state index is 18.2. The molecule has 4 nitrogen and oxygen atoms in total. The Morgan fingerprint density at radius 3 is 1.19 bits per heavy atom. The molecule has 0 fully saturated rings. The van der Waals surface area contributed by atoms with Crippen LogP contribution in [0.2, 0.25) is 8.45 Å². The molecule has 0 N–H and O–H groups in total. The second kappa shape index (κ2) is 18.8. The molecule has 0 aliphatic heterocycles. The minimum absolute atomic E-state index is 0.0252. The fourth-order valence-corrected chi connectivity index (χ4v) is 17.5. The molecule has 0 bridgehead atoms. The van der Waals surface area contributed by atoms with Crippen molar-refractivity contribution < 1.29 is 43.7 Å². The number of carbonyl (C=O) groups is 2. The van der Waals surface area contributed by atoms with Gasteiger partial charge in [-0.15, -0.1) is 0 Å². The average molecular weight is 827 g/mol. The van der Waals surface area contributed by atoms with Crippen molar-refractivity contribution in [1.82, 2.24) is 0 Å². The Hall–Kier alpha value is -3.23. The number of rotatable bonds is 18. The van der Waals surface area contributed by atoms with Crippen LogP contribution in [0.3, 0.4) is 0 Å². The zero-order valence-electron chi connectivity index (χ0n) is 36.4. The van der Waals surface area contributed by atoms with Gasteiger partial charge in [0.1, 0.15) is 0 Å². The van der Waals surface area contributed by atoms with Crippen LogP contribution in [0.1, 0.15) is 109 Å². The zero-order valence-corrected chi connectivity index (χ0v) is 37.9. The first-order valence-corrected chi connectivity index (χ1v) is 24.3. The summed E-state index contributed by atoms with van der Waals surface area (Å²) in [6.45, 7) is 23.8. The van der Waals surface area contributed by atoms with E-state index in [9.17, 15) is 9.59 Å². The number of allylic oxidation sites excluding steroid dienone is 8. The Morgan fingerprint density at radius 2 is 0.912 bits per heavy atom. The van der Waals surface area contributed by atoms with E-state index in [-0.39, 0.29) is 55.9 Å². The Balaban J connectivity index is 2.16. The normalized spacial score (nSPS) is 16.0. The molecule has 2 amide bonds. The molecule has 0 spiro atoms. The molecule has 312 valence electrons. The fraction of sp³-hybridized carbons (Fsp3) is 0.542. The molecule has 57 heavy (non-hydrogen) atoms. The molecule has 9 heteroatoms. The van der Waals surface area contributed by atoms with E-state index < -0.39 is 59.1 Å². The number of halogens is 4. The Morgan fingerprint density at radius 1 is 0.596 bits per heavy atom. The van der Waals surface area contributed by atoms with Crippen molar-refractivity contribution in [3.05, 3.63) is 96.1 Å². The Bertz CT molecular complexity index is 1730. The van der Waals surface area contributed by atoms with Gasteiger partial charge >= 0.3 is 345 Å². The van der Waals surface area contributed by atoms with Crippen molar-refractivity contribution in [2.75, 3.05) is 22.9 Å². The molecule has 2 aliphatic carbocycles. The van der Waals surface area contributed by atoms with Crippen molar-refractivity contribution in [1.29, 1.82) is 0 Å². The number of carbonyl (C=O) groups excluding carboxylic acids is 2. The van der Waals surface area contributed by atoms with Crippen molar-refractivity contribution >= 4 is 30.9 Å². The van der Waals surface area contributed by atoms with Gasteiger partial charge in [0.05, 0.1) is 0 Å². The van der Waals surface area contributed by atoms with Crippen LogP contribution >= 0.6 is 0 Å². The molecule has 0 saturated heterocycles. The second-order valence-corrected chi connectivity index (χ2v) is 25.1. The molecule has 2 aromatic rings. The molecule has 2 atom stereocenters. The van der Waals surface area contributed by atoms with Crippen LogP contribution in [0, 0.1) is 57.8 Å². The van der Waals surface area contributed by atoms with Crippen LogP contribution in [0.25, 0.3) is 0 Å². The number of anilines is 2. The van der Waals surface area contributed by atoms with Crippen molar-refractivity contribution in [3.8, 4) is 0 Å². The number of nitrogens with zero attached hydrogens (tertiary/aromatic N) is 2. The van der Waals surface area contributed by atoms with Crippen molar-refractivity contribution in [3.63, 3.8) is 0 Å². The molecule has 2 aromatic carbocycles. The fourth-order valence-electron chi connectivity index (χ4n) is 8.74. The summed E-state index contributed by atoms with van der Waals surface area (Å²) in [5.41, 5.74) is -1.93. The van der Waals surface area contributed by atoms with Gasteiger partial charge in [-0.3, -0.25) is 0 Å². The van der Waals surface area contributed by atoms with Gasteiger partial charge in [-0.05, 0) is 0 Å². The molecule has 0 aromatic heterocycles. The van der Waals surface area contributed by atoms with Crippen LogP contribution in [0.5, 0.6) is 0 Å². The van der Waals surface area contributed by atoms with E-state index in [2.05, 4.69) is 27.7 Å². The average Bonchev–Trinajstić information content (AvgIpc) is 3.88. The standard InChI is InChI=1S/2C19H28F2NO.2C5H5.Ti/c2*1-7-19(5,6)18(23)22(12-14(4)10-13(2)3)17-9-8-15(20)11-16(17)21;2*1-2-4-5-3-1;/h2*8-9,13-14H,7,10,12H2,1-6H3;2*1-5H;. The predicted octanol–water partition coefficient (Wildman–Crippen LogP) is 12.1. The summed E-state index contributed by atoms with van der Waals surface area (Å²) in [5, 5.41) is 0. The van der Waals surface area contributed by atoms with Gasteiger partial charge in [0.15, 0.2) is 0 Å². The van der Waals surface area contributed by atoms with Gasteiger partial charge in [-0.2, -0.15) is 0 Å². The Labute approximate surface area is 343 Å². The predicted molar refractivity (Wildman–Crippen MR) is 226 cm³/mol. The molecule has 4 rings (SSSR count). The third-order valence-electron chi connectivity index (χ3n) is 12.3. The summed E-state index contributed by atoms with van der Waals surface area (Å²) < 4.78 is 68.5. The number of hydrogen-bond donors (Lipinski definition) is 0. The molecular weight excluding hydrogens is 760 g/mol. The quantitative estimate of drug-likeness (QED) is 0.111. The van der Waals surface area contributed by atoms with Crippen molar-refractivity contribution in [2.45, 2.75) is 117 Å². The summed E-state index contributed by atoms with van der Waals surface area (Å²) >= 11 is -5.28. The Kier molecular flexibility index (Phi) is 15.3. The summed E-state index contributed by atoms with van der Waals surface area (Å²) in [6.07, 6.45) is 16.7. The number of hydrogen-bond acceptors (Lipinski definition) is 2. The summed E-state index contributed by atoms with van der Waals surface area (Å²) in [7, 11) is 0. The third-order valence-corrected chi connectivity index (χ3v) is 20.8. The number of amides is 2. The van der Waals surface area contributed by atoms with Gasteiger partial charge in [-0.25, -0.2) is 0 Å². The SMILES string of the molecule is CCC(C)(C)C(=O)N(CC(C)CC(C)C)c1ccc(F)[c]([Ti]([c]2c(F)ccc(N(CC(C)CC(C)C)C(=O)C(C)(C)CC)c2F)([CH]2C=CC=C2)[CH]2C=CC=C2)c1F. The summed E-state index contributed by atoms with van der Waals surface area (Å²) in [6, 6.07) is 4.94. The van der Waals surface area contributed by atoms with Crippen LogP contribution in [0.15, 0.2) is 72.9 Å². The van der Waals surface area contributed by atoms with Gasteiger partial charge in [0, 0.05) is 0 Å². The molecule has 0 heterocycles. The van der Waals surface area contributed by atoms with E-state index in [1.165, 1.54) is 21.9 Å². The molecule has 2 unspecified atom stereocenters. The molecule has 0 radical (unpaired) electrons.